The number of carbonyl (C=O) groups excluding carboxylic acids is 1. The lowest BCUT2D eigenvalue weighted by molar-refractivity contribution is 0.0230. The van der Waals surface area contributed by atoms with Gasteiger partial charge in [0.15, 0.2) is 5.96 Å². The summed E-state index contributed by atoms with van der Waals surface area (Å²) in [5, 5.41) is 6.56. The lowest BCUT2D eigenvalue weighted by Crippen LogP contribution is -2.43. The van der Waals surface area contributed by atoms with Crippen molar-refractivity contribution in [3.8, 4) is 0 Å². The minimum absolute atomic E-state index is 0. The van der Waals surface area contributed by atoms with Crippen LogP contribution in [0.5, 0.6) is 0 Å². The van der Waals surface area contributed by atoms with E-state index in [1.54, 1.807) is 19.0 Å². The van der Waals surface area contributed by atoms with Crippen LogP contribution in [0.1, 0.15) is 58.6 Å². The third-order valence-corrected chi connectivity index (χ3v) is 3.96. The number of amides is 1. The fourth-order valence-corrected chi connectivity index (χ4v) is 2.26. The van der Waals surface area contributed by atoms with Gasteiger partial charge in [-0.15, -0.1) is 24.0 Å². The number of ether oxygens (including phenoxy) is 1. The summed E-state index contributed by atoms with van der Waals surface area (Å²) in [4.78, 5) is 17.9. The fourth-order valence-electron chi connectivity index (χ4n) is 2.26. The molecule has 0 aromatic carbocycles. The van der Waals surface area contributed by atoms with Crippen LogP contribution in [-0.4, -0.2) is 49.2 Å². The first kappa shape index (κ1) is 25.6. The van der Waals surface area contributed by atoms with Gasteiger partial charge in [0.2, 0.25) is 0 Å². The lowest BCUT2D eigenvalue weighted by atomic mass is 10.2. The first-order valence-electron chi connectivity index (χ1n) is 9.02. The second-order valence-corrected chi connectivity index (χ2v) is 7.54. The summed E-state index contributed by atoms with van der Waals surface area (Å²) >= 11 is 0. The maximum atomic E-state index is 12.1. The number of aliphatic imine (C=N–C) groups is 1. The molecule has 1 rings (SSSR count). The average Bonchev–Trinajstić information content (AvgIpc) is 2.97. The maximum Gasteiger partial charge on any atom is 0.410 e. The SMILES string of the molecule is CN=C(NCCC(C)N(C)C(=O)OC(C)(C)C)NC(C)c1ccc(C)o1.I. The topological polar surface area (TPSA) is 79.1 Å². The van der Waals surface area contributed by atoms with E-state index in [1.165, 1.54) is 0 Å². The molecule has 1 heterocycles. The molecular formula is C19H35IN4O3. The summed E-state index contributed by atoms with van der Waals surface area (Å²) in [7, 11) is 3.48. The molecule has 1 aromatic heterocycles. The number of carbonyl (C=O) groups is 1. The summed E-state index contributed by atoms with van der Waals surface area (Å²) in [6.07, 6.45) is 0.458. The predicted octanol–water partition coefficient (Wildman–Crippen LogP) is 4.08. The number of aryl methyl sites for hydroxylation is 1. The summed E-state index contributed by atoms with van der Waals surface area (Å²) in [6.45, 7) is 12.2. The van der Waals surface area contributed by atoms with Crippen molar-refractivity contribution in [3.05, 3.63) is 23.7 Å². The van der Waals surface area contributed by atoms with E-state index in [9.17, 15) is 4.79 Å². The molecule has 1 aromatic rings. The van der Waals surface area contributed by atoms with Gasteiger partial charge >= 0.3 is 6.09 Å². The molecular weight excluding hydrogens is 459 g/mol. The minimum atomic E-state index is -0.490. The smallest absolute Gasteiger partial charge is 0.410 e. The standard InChI is InChI=1S/C19H34N4O3.HI/c1-13(23(8)18(24)26-19(4,5)6)11-12-21-17(20-7)22-15(3)16-10-9-14(2)25-16;/h9-10,13,15H,11-12H2,1-8H3,(H2,20,21,22);1H. The molecule has 156 valence electrons. The molecule has 7 nitrogen and oxygen atoms in total. The molecule has 0 saturated heterocycles. The van der Waals surface area contributed by atoms with Crippen LogP contribution >= 0.6 is 24.0 Å². The summed E-state index contributed by atoms with van der Waals surface area (Å²) in [5.41, 5.74) is -0.490. The predicted molar refractivity (Wildman–Crippen MR) is 120 cm³/mol. The van der Waals surface area contributed by atoms with Gasteiger partial charge in [0.1, 0.15) is 17.1 Å². The zero-order valence-electron chi connectivity index (χ0n) is 17.8. The van der Waals surface area contributed by atoms with Gasteiger partial charge in [0.25, 0.3) is 0 Å². The van der Waals surface area contributed by atoms with Gasteiger partial charge in [0, 0.05) is 26.7 Å². The van der Waals surface area contributed by atoms with Crippen molar-refractivity contribution < 1.29 is 13.9 Å². The van der Waals surface area contributed by atoms with Crippen LogP contribution in [0.15, 0.2) is 21.5 Å². The monoisotopic (exact) mass is 494 g/mol. The number of guanidine groups is 1. The van der Waals surface area contributed by atoms with Crippen molar-refractivity contribution in [2.24, 2.45) is 4.99 Å². The Labute approximate surface area is 180 Å². The number of nitrogens with one attached hydrogen (secondary N) is 2. The molecule has 0 bridgehead atoms. The maximum absolute atomic E-state index is 12.1. The van der Waals surface area contributed by atoms with E-state index < -0.39 is 5.60 Å². The molecule has 1 amide bonds. The molecule has 0 radical (unpaired) electrons. The first-order chi connectivity index (χ1) is 12.0. The quantitative estimate of drug-likeness (QED) is 0.354. The second kappa shape index (κ2) is 11.4. The fraction of sp³-hybridized carbons (Fsp3) is 0.684. The third-order valence-electron chi connectivity index (χ3n) is 3.96. The van der Waals surface area contributed by atoms with E-state index in [2.05, 4.69) is 15.6 Å². The van der Waals surface area contributed by atoms with Gasteiger partial charge < -0.3 is 24.7 Å². The van der Waals surface area contributed by atoms with E-state index >= 15 is 0 Å². The normalized spacial score (nSPS) is 14.0. The van der Waals surface area contributed by atoms with E-state index in [0.717, 1.165) is 17.9 Å². The van der Waals surface area contributed by atoms with Crippen LogP contribution in [0.2, 0.25) is 0 Å². The second-order valence-electron chi connectivity index (χ2n) is 7.54. The van der Waals surface area contributed by atoms with Crippen molar-refractivity contribution in [3.63, 3.8) is 0 Å². The van der Waals surface area contributed by atoms with Crippen LogP contribution in [0, 0.1) is 6.92 Å². The number of halogens is 1. The van der Waals surface area contributed by atoms with E-state index in [0.29, 0.717) is 12.5 Å². The van der Waals surface area contributed by atoms with Crippen LogP contribution in [0.3, 0.4) is 0 Å². The molecule has 0 spiro atoms. The Hall–Kier alpha value is -1.45. The Morgan fingerprint density at radius 1 is 1.33 bits per heavy atom. The van der Waals surface area contributed by atoms with Crippen molar-refractivity contribution >= 4 is 36.0 Å². The Kier molecular flexibility index (Phi) is 10.8. The number of hydrogen-bond acceptors (Lipinski definition) is 4. The highest BCUT2D eigenvalue weighted by Crippen LogP contribution is 2.15. The van der Waals surface area contributed by atoms with Crippen molar-refractivity contribution in [1.29, 1.82) is 0 Å². The molecule has 0 aliphatic rings. The molecule has 0 fully saturated rings. The number of rotatable bonds is 6. The highest BCUT2D eigenvalue weighted by molar-refractivity contribution is 14.0. The van der Waals surface area contributed by atoms with Gasteiger partial charge in [-0.1, -0.05) is 0 Å². The van der Waals surface area contributed by atoms with Crippen LogP contribution in [0.4, 0.5) is 4.79 Å². The number of hydrogen-bond donors (Lipinski definition) is 2. The lowest BCUT2D eigenvalue weighted by Gasteiger charge is -2.29. The average molecular weight is 494 g/mol. The van der Waals surface area contributed by atoms with Crippen molar-refractivity contribution in [1.82, 2.24) is 15.5 Å². The van der Waals surface area contributed by atoms with E-state index in [4.69, 9.17) is 9.15 Å². The van der Waals surface area contributed by atoms with Crippen molar-refractivity contribution in [2.45, 2.75) is 65.6 Å². The Morgan fingerprint density at radius 3 is 2.44 bits per heavy atom. The Bertz CT molecular complexity index is 610. The molecule has 2 N–H and O–H groups in total. The third kappa shape index (κ3) is 9.34. The molecule has 27 heavy (non-hydrogen) atoms. The number of nitrogens with zero attached hydrogens (tertiary/aromatic N) is 2. The highest BCUT2D eigenvalue weighted by Gasteiger charge is 2.22. The van der Waals surface area contributed by atoms with Crippen LogP contribution < -0.4 is 10.6 Å². The molecule has 8 heteroatoms. The summed E-state index contributed by atoms with van der Waals surface area (Å²) in [6, 6.07) is 3.95. The molecule has 0 saturated carbocycles. The summed E-state index contributed by atoms with van der Waals surface area (Å²) in [5.74, 6) is 2.44. The first-order valence-corrected chi connectivity index (χ1v) is 9.02. The Balaban J connectivity index is 0.00000676. The molecule has 2 unspecified atom stereocenters. The van der Waals surface area contributed by atoms with E-state index in [1.807, 2.05) is 53.7 Å². The van der Waals surface area contributed by atoms with Gasteiger partial charge in [0.05, 0.1) is 6.04 Å². The zero-order chi connectivity index (χ0) is 19.9. The van der Waals surface area contributed by atoms with Crippen LogP contribution in [-0.2, 0) is 4.74 Å². The van der Waals surface area contributed by atoms with Gasteiger partial charge in [-0.3, -0.25) is 4.99 Å². The van der Waals surface area contributed by atoms with Crippen molar-refractivity contribution in [2.75, 3.05) is 20.6 Å². The minimum Gasteiger partial charge on any atom is -0.464 e. The Morgan fingerprint density at radius 2 is 1.96 bits per heavy atom. The van der Waals surface area contributed by atoms with Gasteiger partial charge in [-0.25, -0.2) is 4.79 Å². The zero-order valence-corrected chi connectivity index (χ0v) is 20.1. The molecule has 2 atom stereocenters. The number of furan rings is 1. The van der Waals surface area contributed by atoms with Gasteiger partial charge in [-0.2, -0.15) is 0 Å². The van der Waals surface area contributed by atoms with Crippen LogP contribution in [0.25, 0.3) is 0 Å². The highest BCUT2D eigenvalue weighted by atomic mass is 127. The molecule has 0 aliphatic carbocycles. The van der Waals surface area contributed by atoms with Gasteiger partial charge in [-0.05, 0) is 60.1 Å². The largest absolute Gasteiger partial charge is 0.464 e. The molecule has 0 aliphatic heterocycles. The van der Waals surface area contributed by atoms with E-state index in [-0.39, 0.29) is 42.2 Å². The summed E-state index contributed by atoms with van der Waals surface area (Å²) < 4.78 is 11.0.